The first-order valence-electron chi connectivity index (χ1n) is 10.6. The maximum atomic E-state index is 10.3. The second kappa shape index (κ2) is 21.5. The van der Waals surface area contributed by atoms with Crippen molar-refractivity contribution in [3.8, 4) is 0 Å². The van der Waals surface area contributed by atoms with Crippen molar-refractivity contribution in [3.63, 3.8) is 0 Å². The number of carbonyl (C=O) groups is 1. The Kier molecular flexibility index (Phi) is 20.2. The molecule has 2 nitrogen and oxygen atoms in total. The Balaban J connectivity index is 0.000000867. The third kappa shape index (κ3) is 22.4. The topological polar surface area (TPSA) is 37.3 Å². The largest absolute Gasteiger partial charge is 0.481 e. The summed E-state index contributed by atoms with van der Waals surface area (Å²) in [5.74, 6) is -0.664. The molecule has 0 aliphatic heterocycles. The molecule has 0 aromatic heterocycles. The van der Waals surface area contributed by atoms with Crippen molar-refractivity contribution in [2.24, 2.45) is 0 Å². The van der Waals surface area contributed by atoms with E-state index in [1.807, 2.05) is 36.4 Å². The fraction of sp³-hybridized carbons (Fsp3) is 0.625. The third-order valence-electron chi connectivity index (χ3n) is 4.32. The lowest BCUT2D eigenvalue weighted by molar-refractivity contribution is -0.137. The molecule has 0 unspecified atom stereocenters. The van der Waals surface area contributed by atoms with E-state index in [1.165, 1.54) is 70.6 Å². The van der Waals surface area contributed by atoms with E-state index in [9.17, 15) is 4.79 Å². The average Bonchev–Trinajstić information content (AvgIpc) is 2.66. The molecule has 0 bridgehead atoms. The van der Waals surface area contributed by atoms with Crippen LogP contribution in [0.5, 0.6) is 0 Å². The van der Waals surface area contributed by atoms with Crippen molar-refractivity contribution in [1.82, 2.24) is 0 Å². The van der Waals surface area contributed by atoms with Crippen LogP contribution in [0.1, 0.15) is 96.8 Å². The van der Waals surface area contributed by atoms with E-state index in [2.05, 4.69) is 19.1 Å². The fourth-order valence-electron chi connectivity index (χ4n) is 2.73. The molecule has 0 saturated carbocycles. The number of aliphatic carboxylic acids is 1. The van der Waals surface area contributed by atoms with E-state index in [0.717, 1.165) is 12.8 Å². The third-order valence-corrected chi connectivity index (χ3v) is 4.32. The minimum absolute atomic E-state index is 0.332. The smallest absolute Gasteiger partial charge is 0.303 e. The van der Waals surface area contributed by atoms with Crippen molar-refractivity contribution in [2.45, 2.75) is 96.8 Å². The van der Waals surface area contributed by atoms with Gasteiger partial charge in [-0.3, -0.25) is 4.79 Å². The second-order valence-electron chi connectivity index (χ2n) is 6.88. The molecular weight excluding hydrogens is 320 g/mol. The summed E-state index contributed by atoms with van der Waals surface area (Å²) in [5.41, 5.74) is 0. The molecule has 0 atom stereocenters. The summed E-state index contributed by atoms with van der Waals surface area (Å²) in [6, 6.07) is 12.0. The lowest BCUT2D eigenvalue weighted by Gasteiger charge is -1.99. The van der Waals surface area contributed by atoms with E-state index in [1.54, 1.807) is 0 Å². The Bertz CT molecular complexity index is 385. The van der Waals surface area contributed by atoms with Gasteiger partial charge in [0.15, 0.2) is 0 Å². The zero-order chi connectivity index (χ0) is 19.1. The van der Waals surface area contributed by atoms with Gasteiger partial charge in [-0.25, -0.2) is 0 Å². The highest BCUT2D eigenvalue weighted by molar-refractivity contribution is 5.66. The van der Waals surface area contributed by atoms with Gasteiger partial charge in [0.1, 0.15) is 0 Å². The molecule has 0 radical (unpaired) electrons. The van der Waals surface area contributed by atoms with E-state index in [4.69, 9.17) is 5.11 Å². The van der Waals surface area contributed by atoms with Gasteiger partial charge in [-0.15, -0.1) is 0 Å². The number of carboxylic acids is 1. The second-order valence-corrected chi connectivity index (χ2v) is 6.88. The molecular formula is C24H40O2. The van der Waals surface area contributed by atoms with Gasteiger partial charge in [0.2, 0.25) is 0 Å². The summed E-state index contributed by atoms with van der Waals surface area (Å²) in [7, 11) is 0. The highest BCUT2D eigenvalue weighted by Crippen LogP contribution is 2.09. The predicted octanol–water partition coefficient (Wildman–Crippen LogP) is 7.80. The molecule has 0 heterocycles. The Labute approximate surface area is 161 Å². The van der Waals surface area contributed by atoms with Gasteiger partial charge >= 0.3 is 5.97 Å². The Morgan fingerprint density at radius 3 is 1.46 bits per heavy atom. The van der Waals surface area contributed by atoms with Crippen LogP contribution in [0.4, 0.5) is 0 Å². The predicted molar refractivity (Wildman–Crippen MR) is 114 cm³/mol. The summed E-state index contributed by atoms with van der Waals surface area (Å²) in [6.07, 6.45) is 21.2. The van der Waals surface area contributed by atoms with Crippen molar-refractivity contribution >= 4 is 5.97 Å². The van der Waals surface area contributed by atoms with Crippen LogP contribution < -0.4 is 0 Å². The first-order chi connectivity index (χ1) is 12.8. The molecule has 0 amide bonds. The summed E-state index contributed by atoms with van der Waals surface area (Å²) < 4.78 is 0. The molecule has 1 aromatic rings. The van der Waals surface area contributed by atoms with Crippen LogP contribution in [0.2, 0.25) is 0 Å². The number of hydrogen-bond donors (Lipinski definition) is 1. The molecule has 0 aliphatic rings. The number of hydrogen-bond acceptors (Lipinski definition) is 1. The van der Waals surface area contributed by atoms with Crippen LogP contribution in [0, 0.1) is 0 Å². The van der Waals surface area contributed by atoms with Gasteiger partial charge in [-0.2, -0.15) is 0 Å². The van der Waals surface area contributed by atoms with Gasteiger partial charge in [0.05, 0.1) is 0 Å². The maximum absolute atomic E-state index is 10.3. The van der Waals surface area contributed by atoms with Crippen molar-refractivity contribution < 1.29 is 9.90 Å². The molecule has 0 spiro atoms. The van der Waals surface area contributed by atoms with Crippen LogP contribution in [0.15, 0.2) is 48.6 Å². The van der Waals surface area contributed by atoms with Gasteiger partial charge < -0.3 is 5.11 Å². The van der Waals surface area contributed by atoms with Crippen molar-refractivity contribution in [1.29, 1.82) is 0 Å². The van der Waals surface area contributed by atoms with Gasteiger partial charge in [0.25, 0.3) is 0 Å². The quantitative estimate of drug-likeness (QED) is 0.256. The number of rotatable bonds is 15. The Hall–Kier alpha value is -1.57. The van der Waals surface area contributed by atoms with Crippen LogP contribution in [-0.4, -0.2) is 11.1 Å². The van der Waals surface area contributed by atoms with E-state index in [-0.39, 0.29) is 0 Å². The fourth-order valence-corrected chi connectivity index (χ4v) is 2.73. The molecule has 26 heavy (non-hydrogen) atoms. The first-order valence-corrected chi connectivity index (χ1v) is 10.6. The average molecular weight is 361 g/mol. The van der Waals surface area contributed by atoms with E-state index in [0.29, 0.717) is 6.42 Å². The van der Waals surface area contributed by atoms with E-state index < -0.39 is 5.97 Å². The zero-order valence-corrected chi connectivity index (χ0v) is 16.9. The summed E-state index contributed by atoms with van der Waals surface area (Å²) >= 11 is 0. The standard InChI is InChI=1S/C18H34O2.C6H6/c1-2-3-4-5-6-7-8-9-10-11-12-13-14-15-16-17-18(19)20;1-2-4-6-5-3-1/h9-10H,2-8,11-17H2,1H3,(H,19,20);1-6H/b10-9-;. The SMILES string of the molecule is CCCCCCCC/C=C\CCCCCCCC(=O)O.c1ccccc1. The van der Waals surface area contributed by atoms with Crippen LogP contribution >= 0.6 is 0 Å². The Morgan fingerprint density at radius 1 is 0.654 bits per heavy atom. The molecule has 0 saturated heterocycles. The molecule has 0 aliphatic carbocycles. The van der Waals surface area contributed by atoms with Crippen molar-refractivity contribution in [2.75, 3.05) is 0 Å². The number of benzene rings is 1. The number of carboxylic acid groups (broad SMARTS) is 1. The minimum atomic E-state index is -0.664. The molecule has 1 rings (SSSR count). The van der Waals surface area contributed by atoms with Gasteiger partial charge in [-0.05, 0) is 32.1 Å². The molecule has 148 valence electrons. The summed E-state index contributed by atoms with van der Waals surface area (Å²) in [5, 5.41) is 8.51. The monoisotopic (exact) mass is 360 g/mol. The highest BCUT2D eigenvalue weighted by Gasteiger charge is 1.95. The lowest BCUT2D eigenvalue weighted by atomic mass is 10.1. The zero-order valence-electron chi connectivity index (χ0n) is 16.9. The van der Waals surface area contributed by atoms with Gasteiger partial charge in [0, 0.05) is 6.42 Å². The first kappa shape index (κ1) is 24.4. The molecule has 1 aromatic carbocycles. The molecule has 1 N–H and O–H groups in total. The van der Waals surface area contributed by atoms with Crippen LogP contribution in [-0.2, 0) is 4.79 Å². The molecule has 0 fully saturated rings. The van der Waals surface area contributed by atoms with Crippen molar-refractivity contribution in [3.05, 3.63) is 48.6 Å². The van der Waals surface area contributed by atoms with Crippen LogP contribution in [0.25, 0.3) is 0 Å². The minimum Gasteiger partial charge on any atom is -0.481 e. The van der Waals surface area contributed by atoms with Gasteiger partial charge in [-0.1, -0.05) is 107 Å². The number of allylic oxidation sites excluding steroid dienone is 2. The highest BCUT2D eigenvalue weighted by atomic mass is 16.4. The molecule has 2 heteroatoms. The number of unbranched alkanes of at least 4 members (excludes halogenated alkanes) is 11. The lowest BCUT2D eigenvalue weighted by Crippen LogP contribution is -1.93. The maximum Gasteiger partial charge on any atom is 0.303 e. The van der Waals surface area contributed by atoms with Crippen LogP contribution in [0.3, 0.4) is 0 Å². The summed E-state index contributed by atoms with van der Waals surface area (Å²) in [4.78, 5) is 10.3. The normalized spacial score (nSPS) is 10.5. The Morgan fingerprint density at radius 2 is 1.04 bits per heavy atom. The summed E-state index contributed by atoms with van der Waals surface area (Å²) in [6.45, 7) is 2.26. The van der Waals surface area contributed by atoms with E-state index >= 15 is 0 Å².